The number of hydrogen-bond acceptors (Lipinski definition) is 4. The molecule has 43 heavy (non-hydrogen) atoms. The molecule has 0 aliphatic carbocycles. The van der Waals surface area contributed by atoms with E-state index >= 15 is 0 Å². The van der Waals surface area contributed by atoms with Crippen LogP contribution in [0.4, 0.5) is 0 Å². The van der Waals surface area contributed by atoms with Crippen LogP contribution in [0.2, 0.25) is 0 Å². The number of hydrogen-bond donors (Lipinski definition) is 0. The molecule has 0 unspecified atom stereocenters. The predicted octanol–water partition coefficient (Wildman–Crippen LogP) is 10.1. The van der Waals surface area contributed by atoms with Gasteiger partial charge in [0.1, 0.15) is 11.2 Å². The fraction of sp³-hybridized carbons (Fsp3) is 0. The molecule has 0 aliphatic rings. The van der Waals surface area contributed by atoms with Crippen molar-refractivity contribution in [1.29, 1.82) is 0 Å². The van der Waals surface area contributed by atoms with Crippen LogP contribution < -0.4 is 0 Å². The maximum atomic E-state index is 6.25. The number of aromatic nitrogens is 3. The first-order chi connectivity index (χ1) is 21.3. The van der Waals surface area contributed by atoms with E-state index in [2.05, 4.69) is 89.9 Å². The summed E-state index contributed by atoms with van der Waals surface area (Å²) in [5, 5.41) is 2.24. The lowest BCUT2D eigenvalue weighted by Gasteiger charge is -2.13. The van der Waals surface area contributed by atoms with Crippen LogP contribution in [0.25, 0.3) is 78.1 Å². The Balaban J connectivity index is 1.34. The van der Waals surface area contributed by atoms with E-state index < -0.39 is 0 Å². The van der Waals surface area contributed by atoms with Crippen molar-refractivity contribution in [3.63, 3.8) is 0 Å². The van der Waals surface area contributed by atoms with Gasteiger partial charge >= 0.3 is 0 Å². The Kier molecular flexibility index (Phi) is 6.08. The van der Waals surface area contributed by atoms with Gasteiger partial charge in [-0.15, -0.1) is 0 Å². The molecule has 5 aromatic carbocycles. The van der Waals surface area contributed by atoms with Gasteiger partial charge in [0.25, 0.3) is 0 Å². The van der Waals surface area contributed by atoms with Gasteiger partial charge in [-0.3, -0.25) is 4.98 Å². The van der Waals surface area contributed by atoms with E-state index in [1.807, 2.05) is 54.6 Å². The standard InChI is InChI=1S/C39H25N3O/c1-3-9-26(10-4-1)30-21-31(29-15-16-34-33-13-7-8-14-37(33)43-38(34)24-29)23-32(22-30)36-25-35(27-11-5-2-6-12-27)41-39(42-36)28-17-19-40-20-18-28/h1-25H. The van der Waals surface area contributed by atoms with Crippen molar-refractivity contribution in [2.24, 2.45) is 0 Å². The van der Waals surface area contributed by atoms with Crippen LogP contribution in [0.3, 0.4) is 0 Å². The summed E-state index contributed by atoms with van der Waals surface area (Å²) < 4.78 is 6.25. The summed E-state index contributed by atoms with van der Waals surface area (Å²) in [5.74, 6) is 0.661. The lowest BCUT2D eigenvalue weighted by atomic mass is 9.94. The van der Waals surface area contributed by atoms with Gasteiger partial charge in [0.15, 0.2) is 5.82 Å². The highest BCUT2D eigenvalue weighted by atomic mass is 16.3. The summed E-state index contributed by atoms with van der Waals surface area (Å²) in [6.07, 6.45) is 3.55. The van der Waals surface area contributed by atoms with Crippen molar-refractivity contribution in [1.82, 2.24) is 15.0 Å². The fourth-order valence-electron chi connectivity index (χ4n) is 5.63. The van der Waals surface area contributed by atoms with E-state index in [0.717, 1.165) is 72.3 Å². The van der Waals surface area contributed by atoms with Crippen molar-refractivity contribution < 1.29 is 4.42 Å². The number of rotatable bonds is 5. The minimum absolute atomic E-state index is 0.661. The molecule has 8 aromatic rings. The van der Waals surface area contributed by atoms with Crippen molar-refractivity contribution in [3.8, 4) is 56.2 Å². The van der Waals surface area contributed by atoms with Crippen molar-refractivity contribution in [2.75, 3.05) is 0 Å². The van der Waals surface area contributed by atoms with Gasteiger partial charge in [-0.25, -0.2) is 9.97 Å². The molecule has 0 aliphatic heterocycles. The van der Waals surface area contributed by atoms with Crippen LogP contribution in [0, 0.1) is 0 Å². The second-order valence-electron chi connectivity index (χ2n) is 10.5. The molecule has 0 fully saturated rings. The van der Waals surface area contributed by atoms with Gasteiger partial charge in [0.2, 0.25) is 0 Å². The Bertz CT molecular complexity index is 2170. The normalized spacial score (nSPS) is 11.3. The lowest BCUT2D eigenvalue weighted by Crippen LogP contribution is -1.96. The van der Waals surface area contributed by atoms with Gasteiger partial charge in [-0.2, -0.15) is 0 Å². The molecule has 0 amide bonds. The first-order valence-electron chi connectivity index (χ1n) is 14.3. The van der Waals surface area contributed by atoms with Crippen LogP contribution >= 0.6 is 0 Å². The van der Waals surface area contributed by atoms with Crippen molar-refractivity contribution in [3.05, 3.63) is 152 Å². The average Bonchev–Trinajstić information content (AvgIpc) is 3.47. The Labute approximate surface area is 249 Å². The summed E-state index contributed by atoms with van der Waals surface area (Å²) in [6, 6.07) is 48.0. The minimum atomic E-state index is 0.661. The van der Waals surface area contributed by atoms with Crippen LogP contribution in [0.5, 0.6) is 0 Å². The maximum absolute atomic E-state index is 6.25. The third kappa shape index (κ3) is 4.75. The monoisotopic (exact) mass is 551 g/mol. The molecule has 202 valence electrons. The highest BCUT2D eigenvalue weighted by molar-refractivity contribution is 6.06. The molecule has 4 nitrogen and oxygen atoms in total. The van der Waals surface area contributed by atoms with E-state index in [-0.39, 0.29) is 0 Å². The summed E-state index contributed by atoms with van der Waals surface area (Å²) in [6.45, 7) is 0. The van der Waals surface area contributed by atoms with Crippen molar-refractivity contribution >= 4 is 21.9 Å². The molecule has 3 aromatic heterocycles. The zero-order chi connectivity index (χ0) is 28.6. The zero-order valence-corrected chi connectivity index (χ0v) is 23.2. The number of furan rings is 1. The second kappa shape index (κ2) is 10.5. The highest BCUT2D eigenvalue weighted by Gasteiger charge is 2.14. The minimum Gasteiger partial charge on any atom is -0.456 e. The molecule has 3 heterocycles. The molecular weight excluding hydrogens is 526 g/mol. The topological polar surface area (TPSA) is 51.8 Å². The summed E-state index contributed by atoms with van der Waals surface area (Å²) in [5.41, 5.74) is 10.9. The van der Waals surface area contributed by atoms with Gasteiger partial charge < -0.3 is 4.42 Å². The first-order valence-corrected chi connectivity index (χ1v) is 14.3. The van der Waals surface area contributed by atoms with Gasteiger partial charge in [0, 0.05) is 39.9 Å². The number of nitrogens with zero attached hydrogens (tertiary/aromatic N) is 3. The summed E-state index contributed by atoms with van der Waals surface area (Å²) >= 11 is 0. The summed E-state index contributed by atoms with van der Waals surface area (Å²) in [4.78, 5) is 14.2. The lowest BCUT2D eigenvalue weighted by molar-refractivity contribution is 0.669. The van der Waals surface area contributed by atoms with E-state index in [0.29, 0.717) is 5.82 Å². The molecule has 4 heteroatoms. The van der Waals surface area contributed by atoms with Gasteiger partial charge in [-0.05, 0) is 76.9 Å². The Hall–Kier alpha value is -5.87. The SMILES string of the molecule is c1ccc(-c2cc(-c3ccc4c(c3)oc3ccccc34)cc(-c3cc(-c4ccccc4)nc(-c4ccncc4)n3)c2)cc1. The van der Waals surface area contributed by atoms with Crippen LogP contribution in [-0.4, -0.2) is 15.0 Å². The van der Waals surface area contributed by atoms with E-state index in [1.165, 1.54) is 0 Å². The molecule has 0 N–H and O–H groups in total. The van der Waals surface area contributed by atoms with E-state index in [4.69, 9.17) is 14.4 Å². The smallest absolute Gasteiger partial charge is 0.160 e. The van der Waals surface area contributed by atoms with E-state index in [1.54, 1.807) is 12.4 Å². The molecule has 0 saturated carbocycles. The molecule has 0 atom stereocenters. The third-order valence-corrected chi connectivity index (χ3v) is 7.78. The number of para-hydroxylation sites is 1. The molecular formula is C39H25N3O. The number of benzene rings is 5. The predicted molar refractivity (Wildman–Crippen MR) is 174 cm³/mol. The fourth-order valence-corrected chi connectivity index (χ4v) is 5.63. The van der Waals surface area contributed by atoms with Crippen LogP contribution in [0.15, 0.2) is 156 Å². The number of fused-ring (bicyclic) bond motifs is 3. The Morgan fingerprint density at radius 3 is 1.74 bits per heavy atom. The molecule has 0 bridgehead atoms. The highest BCUT2D eigenvalue weighted by Crippen LogP contribution is 2.37. The second-order valence-corrected chi connectivity index (χ2v) is 10.5. The van der Waals surface area contributed by atoms with Crippen molar-refractivity contribution in [2.45, 2.75) is 0 Å². The largest absolute Gasteiger partial charge is 0.456 e. The molecule has 0 spiro atoms. The maximum Gasteiger partial charge on any atom is 0.160 e. The third-order valence-electron chi connectivity index (χ3n) is 7.78. The zero-order valence-electron chi connectivity index (χ0n) is 23.2. The molecule has 8 rings (SSSR count). The number of pyridine rings is 1. The molecule has 0 radical (unpaired) electrons. The first kappa shape index (κ1) is 24.9. The van der Waals surface area contributed by atoms with Crippen LogP contribution in [0.1, 0.15) is 0 Å². The average molecular weight is 552 g/mol. The van der Waals surface area contributed by atoms with Gasteiger partial charge in [-0.1, -0.05) is 84.9 Å². The quantitative estimate of drug-likeness (QED) is 0.214. The molecule has 0 saturated heterocycles. The summed E-state index contributed by atoms with van der Waals surface area (Å²) in [7, 11) is 0. The van der Waals surface area contributed by atoms with Gasteiger partial charge in [0.05, 0.1) is 11.4 Å². The Morgan fingerprint density at radius 1 is 0.372 bits per heavy atom. The van der Waals surface area contributed by atoms with Crippen LogP contribution in [-0.2, 0) is 0 Å². The Morgan fingerprint density at radius 2 is 0.977 bits per heavy atom. The van der Waals surface area contributed by atoms with E-state index in [9.17, 15) is 0 Å².